The molecule has 0 saturated carbocycles. The van der Waals surface area contributed by atoms with Gasteiger partial charge in [-0.3, -0.25) is 4.79 Å². The van der Waals surface area contributed by atoms with E-state index in [-0.39, 0.29) is 17.4 Å². The second kappa shape index (κ2) is 5.50. The van der Waals surface area contributed by atoms with Crippen LogP contribution < -0.4 is 5.32 Å². The maximum Gasteiger partial charge on any atom is 0.220 e. The molecule has 3 nitrogen and oxygen atoms in total. The molecule has 0 aromatic heterocycles. The van der Waals surface area contributed by atoms with Crippen LogP contribution >= 0.6 is 0 Å². The van der Waals surface area contributed by atoms with E-state index in [1.807, 2.05) is 34.6 Å². The Morgan fingerprint density at radius 1 is 1.27 bits per heavy atom. The standard InChI is InChI=1S/C12H25NO2/c1-8(2)10(9(3)14)7-11(15)13-12(4,5)6/h8-10,14H,7H2,1-6H3,(H,13,15). The highest BCUT2D eigenvalue weighted by molar-refractivity contribution is 5.77. The lowest BCUT2D eigenvalue weighted by atomic mass is 9.87. The number of carbonyl (C=O) groups is 1. The number of amides is 1. The first kappa shape index (κ1) is 14.4. The molecule has 0 aliphatic heterocycles. The van der Waals surface area contributed by atoms with E-state index in [4.69, 9.17) is 0 Å². The summed E-state index contributed by atoms with van der Waals surface area (Å²) in [6.07, 6.45) is -0.0391. The summed E-state index contributed by atoms with van der Waals surface area (Å²) < 4.78 is 0. The number of nitrogens with one attached hydrogen (secondary N) is 1. The van der Waals surface area contributed by atoms with Crippen molar-refractivity contribution in [1.29, 1.82) is 0 Å². The van der Waals surface area contributed by atoms with Crippen molar-refractivity contribution in [3.05, 3.63) is 0 Å². The van der Waals surface area contributed by atoms with Gasteiger partial charge >= 0.3 is 0 Å². The van der Waals surface area contributed by atoms with Crippen LogP contribution in [0, 0.1) is 11.8 Å². The Balaban J connectivity index is 4.25. The predicted octanol–water partition coefficient (Wildman–Crippen LogP) is 1.94. The van der Waals surface area contributed by atoms with Crippen molar-refractivity contribution < 1.29 is 9.90 Å². The van der Waals surface area contributed by atoms with E-state index in [1.165, 1.54) is 0 Å². The van der Waals surface area contributed by atoms with Gasteiger partial charge in [0.1, 0.15) is 0 Å². The Labute approximate surface area is 93.3 Å². The van der Waals surface area contributed by atoms with Gasteiger partial charge in [-0.05, 0) is 39.5 Å². The van der Waals surface area contributed by atoms with Crippen LogP contribution in [-0.4, -0.2) is 22.7 Å². The fourth-order valence-corrected chi connectivity index (χ4v) is 1.65. The molecule has 0 rings (SSSR count). The smallest absolute Gasteiger partial charge is 0.220 e. The monoisotopic (exact) mass is 215 g/mol. The summed E-state index contributed by atoms with van der Waals surface area (Å²) >= 11 is 0. The molecule has 1 amide bonds. The first-order chi connectivity index (χ1) is 6.63. The second-order valence-electron chi connectivity index (χ2n) is 5.65. The van der Waals surface area contributed by atoms with Gasteiger partial charge in [-0.2, -0.15) is 0 Å². The van der Waals surface area contributed by atoms with Gasteiger partial charge in [-0.15, -0.1) is 0 Å². The van der Waals surface area contributed by atoms with Crippen molar-refractivity contribution in [3.8, 4) is 0 Å². The summed E-state index contributed by atoms with van der Waals surface area (Å²) in [5.41, 5.74) is -0.197. The van der Waals surface area contributed by atoms with Crippen LogP contribution in [0.2, 0.25) is 0 Å². The van der Waals surface area contributed by atoms with Crippen molar-refractivity contribution in [3.63, 3.8) is 0 Å². The molecule has 3 heteroatoms. The normalized spacial score (nSPS) is 16.3. The van der Waals surface area contributed by atoms with Crippen LogP contribution in [0.15, 0.2) is 0 Å². The summed E-state index contributed by atoms with van der Waals surface area (Å²) in [7, 11) is 0. The molecule has 0 aromatic rings. The molecular formula is C12H25NO2. The summed E-state index contributed by atoms with van der Waals surface area (Å²) in [4.78, 5) is 11.7. The average Bonchev–Trinajstić information content (AvgIpc) is 1.95. The van der Waals surface area contributed by atoms with Crippen molar-refractivity contribution in [2.45, 2.75) is 59.6 Å². The highest BCUT2D eigenvalue weighted by Gasteiger charge is 2.24. The number of carbonyl (C=O) groups excluding carboxylic acids is 1. The third-order valence-electron chi connectivity index (χ3n) is 2.41. The molecule has 2 unspecified atom stereocenters. The summed E-state index contributed by atoms with van der Waals surface area (Å²) in [5.74, 6) is 0.366. The minimum absolute atomic E-state index is 0.0158. The predicted molar refractivity (Wildman–Crippen MR) is 62.5 cm³/mol. The van der Waals surface area contributed by atoms with E-state index in [1.54, 1.807) is 6.92 Å². The van der Waals surface area contributed by atoms with Gasteiger partial charge in [-0.1, -0.05) is 13.8 Å². The molecule has 0 fully saturated rings. The molecule has 90 valence electrons. The van der Waals surface area contributed by atoms with Crippen molar-refractivity contribution in [1.82, 2.24) is 5.32 Å². The Morgan fingerprint density at radius 2 is 1.73 bits per heavy atom. The largest absolute Gasteiger partial charge is 0.393 e. The van der Waals surface area contributed by atoms with Crippen LogP contribution in [0.1, 0.15) is 48.0 Å². The van der Waals surface area contributed by atoms with Gasteiger partial charge in [0.05, 0.1) is 6.10 Å². The van der Waals surface area contributed by atoms with Crippen molar-refractivity contribution in [2.24, 2.45) is 11.8 Å². The number of aliphatic hydroxyl groups is 1. The number of aliphatic hydroxyl groups excluding tert-OH is 1. The van der Waals surface area contributed by atoms with Gasteiger partial charge in [0.15, 0.2) is 0 Å². The van der Waals surface area contributed by atoms with Crippen molar-refractivity contribution >= 4 is 5.91 Å². The van der Waals surface area contributed by atoms with Crippen LogP contribution in [-0.2, 0) is 4.79 Å². The van der Waals surface area contributed by atoms with Crippen LogP contribution in [0.5, 0.6) is 0 Å². The zero-order chi connectivity index (χ0) is 12.2. The molecule has 0 aliphatic carbocycles. The molecule has 2 atom stereocenters. The first-order valence-corrected chi connectivity index (χ1v) is 5.62. The molecule has 15 heavy (non-hydrogen) atoms. The lowest BCUT2D eigenvalue weighted by Gasteiger charge is -2.26. The van der Waals surface area contributed by atoms with E-state index in [9.17, 15) is 9.90 Å². The Kier molecular flexibility index (Phi) is 5.29. The van der Waals surface area contributed by atoms with E-state index in [0.29, 0.717) is 12.3 Å². The van der Waals surface area contributed by atoms with E-state index in [0.717, 1.165) is 0 Å². The highest BCUT2D eigenvalue weighted by atomic mass is 16.3. The molecule has 0 spiro atoms. The molecule has 0 radical (unpaired) electrons. The van der Waals surface area contributed by atoms with Gasteiger partial charge in [-0.25, -0.2) is 0 Å². The van der Waals surface area contributed by atoms with Crippen LogP contribution in [0.25, 0.3) is 0 Å². The SMILES string of the molecule is CC(C)C(CC(=O)NC(C)(C)C)C(C)O. The second-order valence-corrected chi connectivity index (χ2v) is 5.65. The molecule has 0 aliphatic rings. The fraction of sp³-hybridized carbons (Fsp3) is 0.917. The zero-order valence-electron chi connectivity index (χ0n) is 10.8. The molecule has 0 saturated heterocycles. The lowest BCUT2D eigenvalue weighted by molar-refractivity contribution is -0.124. The summed E-state index contributed by atoms with van der Waals surface area (Å²) in [6, 6.07) is 0. The van der Waals surface area contributed by atoms with Gasteiger partial charge in [0, 0.05) is 12.0 Å². The van der Waals surface area contributed by atoms with E-state index in [2.05, 4.69) is 5.32 Å². The third-order valence-corrected chi connectivity index (χ3v) is 2.41. The van der Waals surface area contributed by atoms with Gasteiger partial charge < -0.3 is 10.4 Å². The number of hydrogen-bond donors (Lipinski definition) is 2. The summed E-state index contributed by atoms with van der Waals surface area (Å²) in [5, 5.41) is 12.5. The Morgan fingerprint density at radius 3 is 2.00 bits per heavy atom. The molecule has 0 aromatic carbocycles. The summed E-state index contributed by atoms with van der Waals surface area (Å²) in [6.45, 7) is 11.7. The van der Waals surface area contributed by atoms with Crippen molar-refractivity contribution in [2.75, 3.05) is 0 Å². The zero-order valence-corrected chi connectivity index (χ0v) is 10.8. The maximum absolute atomic E-state index is 11.7. The fourth-order valence-electron chi connectivity index (χ4n) is 1.65. The first-order valence-electron chi connectivity index (χ1n) is 5.62. The van der Waals surface area contributed by atoms with Crippen LogP contribution in [0.4, 0.5) is 0 Å². The number of hydrogen-bond acceptors (Lipinski definition) is 2. The highest BCUT2D eigenvalue weighted by Crippen LogP contribution is 2.19. The van der Waals surface area contributed by atoms with Gasteiger partial charge in [0.2, 0.25) is 5.91 Å². The number of rotatable bonds is 4. The third kappa shape index (κ3) is 6.50. The molecular weight excluding hydrogens is 190 g/mol. The minimum atomic E-state index is -0.435. The molecule has 2 N–H and O–H groups in total. The van der Waals surface area contributed by atoms with Crippen LogP contribution in [0.3, 0.4) is 0 Å². The minimum Gasteiger partial charge on any atom is -0.393 e. The quantitative estimate of drug-likeness (QED) is 0.753. The Bertz CT molecular complexity index is 196. The van der Waals surface area contributed by atoms with E-state index >= 15 is 0 Å². The topological polar surface area (TPSA) is 49.3 Å². The molecule has 0 heterocycles. The Hall–Kier alpha value is -0.570. The average molecular weight is 215 g/mol. The molecule has 0 bridgehead atoms. The lowest BCUT2D eigenvalue weighted by Crippen LogP contribution is -2.42. The van der Waals surface area contributed by atoms with E-state index < -0.39 is 6.10 Å². The maximum atomic E-state index is 11.7. The van der Waals surface area contributed by atoms with Gasteiger partial charge in [0.25, 0.3) is 0 Å².